The predicted molar refractivity (Wildman–Crippen MR) is 116 cm³/mol. The van der Waals surface area contributed by atoms with E-state index >= 15 is 0 Å². The Morgan fingerprint density at radius 1 is 1.10 bits per heavy atom. The fourth-order valence-electron chi connectivity index (χ4n) is 2.46. The molecule has 2 amide bonds. The summed E-state index contributed by atoms with van der Waals surface area (Å²) in [6, 6.07) is 11.0. The van der Waals surface area contributed by atoms with Gasteiger partial charge in [-0.1, -0.05) is 30.7 Å². The van der Waals surface area contributed by atoms with Crippen LogP contribution in [0.4, 0.5) is 11.4 Å². The fraction of sp³-hybridized carbons (Fsp3) is 0.300. The van der Waals surface area contributed by atoms with Crippen LogP contribution in [0.1, 0.15) is 41.0 Å². The van der Waals surface area contributed by atoms with E-state index in [-0.39, 0.29) is 22.5 Å². The largest absolute Gasteiger partial charge is 0.350 e. The Hall–Kier alpha value is -2.58. The molecule has 9 heteroatoms. The van der Waals surface area contributed by atoms with Crippen LogP contribution in [0.15, 0.2) is 42.5 Å². The maximum absolute atomic E-state index is 12.8. The summed E-state index contributed by atoms with van der Waals surface area (Å²) in [6.07, 6.45) is 1.84. The zero-order valence-corrected chi connectivity index (χ0v) is 18.3. The molecule has 2 aromatic rings. The number of anilines is 2. The van der Waals surface area contributed by atoms with Gasteiger partial charge in [-0.3, -0.25) is 13.9 Å². The molecule has 0 aliphatic carbocycles. The molecule has 2 aromatic carbocycles. The Morgan fingerprint density at radius 3 is 2.38 bits per heavy atom. The highest BCUT2D eigenvalue weighted by molar-refractivity contribution is 7.92. The van der Waals surface area contributed by atoms with E-state index in [1.807, 2.05) is 13.8 Å². The highest BCUT2D eigenvalue weighted by atomic mass is 35.5. The van der Waals surface area contributed by atoms with Gasteiger partial charge in [-0.15, -0.1) is 0 Å². The van der Waals surface area contributed by atoms with Crippen LogP contribution in [0.2, 0.25) is 5.02 Å². The number of nitrogens with zero attached hydrogens (tertiary/aromatic N) is 1. The van der Waals surface area contributed by atoms with Crippen LogP contribution in [-0.2, 0) is 10.0 Å². The SMILES string of the molecule is CC[C@@H](C)NC(=O)c1ccccc1NC(=O)c1cc(N(C)S(C)(=O)=O)ccc1Cl. The van der Waals surface area contributed by atoms with Gasteiger partial charge in [0.1, 0.15) is 0 Å². The molecule has 0 aliphatic rings. The predicted octanol–water partition coefficient (Wildman–Crippen LogP) is 3.52. The lowest BCUT2D eigenvalue weighted by Crippen LogP contribution is -2.32. The maximum Gasteiger partial charge on any atom is 0.257 e. The van der Waals surface area contributed by atoms with Gasteiger partial charge in [0.2, 0.25) is 10.0 Å². The Kier molecular flexibility index (Phi) is 7.26. The Bertz CT molecular complexity index is 1020. The van der Waals surface area contributed by atoms with Crippen molar-refractivity contribution in [3.05, 3.63) is 58.6 Å². The third-order valence-electron chi connectivity index (χ3n) is 4.47. The zero-order chi connectivity index (χ0) is 21.8. The third-order valence-corrected chi connectivity index (χ3v) is 6.00. The first-order chi connectivity index (χ1) is 13.5. The molecule has 2 N–H and O–H groups in total. The molecule has 0 saturated heterocycles. The minimum absolute atomic E-state index is 0.0103. The van der Waals surface area contributed by atoms with Crippen molar-refractivity contribution in [2.24, 2.45) is 0 Å². The van der Waals surface area contributed by atoms with E-state index in [0.717, 1.165) is 17.0 Å². The number of rotatable bonds is 7. The van der Waals surface area contributed by atoms with Gasteiger partial charge in [-0.2, -0.15) is 0 Å². The average Bonchev–Trinajstić information content (AvgIpc) is 2.67. The summed E-state index contributed by atoms with van der Waals surface area (Å²) < 4.78 is 24.6. The molecule has 29 heavy (non-hydrogen) atoms. The topological polar surface area (TPSA) is 95.6 Å². The van der Waals surface area contributed by atoms with Crippen LogP contribution in [0.25, 0.3) is 0 Å². The van der Waals surface area contributed by atoms with Gasteiger partial charge in [0.25, 0.3) is 11.8 Å². The first-order valence-electron chi connectivity index (χ1n) is 8.99. The molecule has 0 unspecified atom stereocenters. The van der Waals surface area contributed by atoms with E-state index in [0.29, 0.717) is 16.9 Å². The number of sulfonamides is 1. The minimum atomic E-state index is -3.50. The summed E-state index contributed by atoms with van der Waals surface area (Å²) in [6.45, 7) is 3.85. The number of amides is 2. The van der Waals surface area contributed by atoms with Crippen LogP contribution < -0.4 is 14.9 Å². The number of benzene rings is 2. The molecule has 0 aromatic heterocycles. The van der Waals surface area contributed by atoms with Crippen molar-refractivity contribution in [1.82, 2.24) is 5.32 Å². The van der Waals surface area contributed by atoms with Crippen molar-refractivity contribution in [1.29, 1.82) is 0 Å². The molecular formula is C20H24ClN3O4S. The summed E-state index contributed by atoms with van der Waals surface area (Å²) in [5.41, 5.74) is 1.04. The number of hydrogen-bond donors (Lipinski definition) is 2. The van der Waals surface area contributed by atoms with Crippen LogP contribution in [0, 0.1) is 0 Å². The lowest BCUT2D eigenvalue weighted by Gasteiger charge is -2.18. The third kappa shape index (κ3) is 5.71. The lowest BCUT2D eigenvalue weighted by atomic mass is 10.1. The molecule has 0 bridgehead atoms. The quantitative estimate of drug-likeness (QED) is 0.692. The molecule has 7 nitrogen and oxygen atoms in total. The van der Waals surface area contributed by atoms with E-state index in [1.54, 1.807) is 24.3 Å². The molecular weight excluding hydrogens is 414 g/mol. The van der Waals surface area contributed by atoms with E-state index in [1.165, 1.54) is 25.2 Å². The minimum Gasteiger partial charge on any atom is -0.350 e. The van der Waals surface area contributed by atoms with Crippen LogP contribution in [0.5, 0.6) is 0 Å². The Morgan fingerprint density at radius 2 is 1.76 bits per heavy atom. The second-order valence-corrected chi connectivity index (χ2v) is 9.10. The van der Waals surface area contributed by atoms with Crippen molar-refractivity contribution in [3.63, 3.8) is 0 Å². The van der Waals surface area contributed by atoms with Crippen molar-refractivity contribution in [3.8, 4) is 0 Å². The standard InChI is InChI=1S/C20H24ClN3O4S/c1-5-13(2)22-19(25)15-8-6-7-9-18(15)23-20(26)16-12-14(10-11-17(16)21)24(3)29(4,27)28/h6-13H,5H2,1-4H3,(H,22,25)(H,23,26)/t13-/m1/s1. The molecule has 156 valence electrons. The van der Waals surface area contributed by atoms with Gasteiger partial charge in [-0.05, 0) is 43.7 Å². The second kappa shape index (κ2) is 9.28. The number of para-hydroxylation sites is 1. The summed E-state index contributed by atoms with van der Waals surface area (Å²) in [4.78, 5) is 25.3. The van der Waals surface area contributed by atoms with E-state index in [2.05, 4.69) is 10.6 Å². The van der Waals surface area contributed by atoms with Crippen LogP contribution in [-0.4, -0.2) is 39.6 Å². The van der Waals surface area contributed by atoms with Gasteiger partial charge in [0.05, 0.1) is 33.8 Å². The molecule has 0 fully saturated rings. The monoisotopic (exact) mass is 437 g/mol. The van der Waals surface area contributed by atoms with Gasteiger partial charge in [-0.25, -0.2) is 8.42 Å². The fourth-order valence-corrected chi connectivity index (χ4v) is 3.16. The van der Waals surface area contributed by atoms with Crippen molar-refractivity contribution < 1.29 is 18.0 Å². The number of carbonyl (C=O) groups is 2. The Balaban J connectivity index is 2.33. The van der Waals surface area contributed by atoms with Crippen molar-refractivity contribution in [2.45, 2.75) is 26.3 Å². The summed E-state index contributed by atoms with van der Waals surface area (Å²) >= 11 is 6.16. The van der Waals surface area contributed by atoms with E-state index < -0.39 is 15.9 Å². The number of halogens is 1. The number of nitrogens with one attached hydrogen (secondary N) is 2. The van der Waals surface area contributed by atoms with Gasteiger partial charge in [0.15, 0.2) is 0 Å². The zero-order valence-electron chi connectivity index (χ0n) is 16.7. The number of hydrogen-bond acceptors (Lipinski definition) is 4. The molecule has 0 heterocycles. The first-order valence-corrected chi connectivity index (χ1v) is 11.2. The molecule has 2 rings (SSSR count). The molecule has 0 saturated carbocycles. The lowest BCUT2D eigenvalue weighted by molar-refractivity contribution is 0.0940. The van der Waals surface area contributed by atoms with E-state index in [4.69, 9.17) is 11.6 Å². The van der Waals surface area contributed by atoms with Crippen molar-refractivity contribution >= 4 is 44.8 Å². The molecule has 1 atom stereocenters. The summed E-state index contributed by atoms with van der Waals surface area (Å²) in [5.74, 6) is -0.852. The summed E-state index contributed by atoms with van der Waals surface area (Å²) in [7, 11) is -2.11. The highest BCUT2D eigenvalue weighted by Gasteiger charge is 2.19. The van der Waals surface area contributed by atoms with Crippen LogP contribution >= 0.6 is 11.6 Å². The van der Waals surface area contributed by atoms with Crippen molar-refractivity contribution in [2.75, 3.05) is 22.9 Å². The summed E-state index contributed by atoms with van der Waals surface area (Å²) in [5, 5.41) is 5.72. The first kappa shape index (κ1) is 22.7. The maximum atomic E-state index is 12.8. The van der Waals surface area contributed by atoms with Gasteiger partial charge >= 0.3 is 0 Å². The highest BCUT2D eigenvalue weighted by Crippen LogP contribution is 2.25. The molecule has 0 spiro atoms. The number of carbonyl (C=O) groups excluding carboxylic acids is 2. The Labute approximate surface area is 176 Å². The average molecular weight is 438 g/mol. The molecule has 0 aliphatic heterocycles. The van der Waals surface area contributed by atoms with Crippen LogP contribution in [0.3, 0.4) is 0 Å². The molecule has 0 radical (unpaired) electrons. The van der Waals surface area contributed by atoms with E-state index in [9.17, 15) is 18.0 Å². The second-order valence-electron chi connectivity index (χ2n) is 6.68. The smallest absolute Gasteiger partial charge is 0.257 e. The van der Waals surface area contributed by atoms with Gasteiger partial charge < -0.3 is 10.6 Å². The normalized spacial score (nSPS) is 12.2. The van der Waals surface area contributed by atoms with Gasteiger partial charge in [0, 0.05) is 13.1 Å².